The van der Waals surface area contributed by atoms with Gasteiger partial charge in [-0.3, -0.25) is 14.6 Å². The summed E-state index contributed by atoms with van der Waals surface area (Å²) in [5.74, 6) is -2.04. The number of carbonyl (C=O) groups excluding carboxylic acids is 2. The first-order valence-corrected chi connectivity index (χ1v) is 10.5. The normalized spacial score (nSPS) is 12.9. The zero-order valence-corrected chi connectivity index (χ0v) is 17.9. The van der Waals surface area contributed by atoms with E-state index in [0.29, 0.717) is 5.69 Å². The molecule has 0 saturated heterocycles. The molecule has 4 rings (SSSR count). The van der Waals surface area contributed by atoms with Gasteiger partial charge in [-0.15, -0.1) is 0 Å². The molecule has 1 aromatic heterocycles. The number of pyridine rings is 1. The summed E-state index contributed by atoms with van der Waals surface area (Å²) in [6, 6.07) is 16.3. The highest BCUT2D eigenvalue weighted by Crippen LogP contribution is 2.44. The average molecular weight is 445 g/mol. The fraction of sp³-hybridized carbons (Fsp3) is 0.200. The molecule has 1 aliphatic rings. The minimum Gasteiger partial charge on any atom is -0.481 e. The molecule has 1 atom stereocenters. The number of nitrogens with one attached hydrogen (secondary N) is 2. The molecule has 168 valence electrons. The highest BCUT2D eigenvalue weighted by atomic mass is 16.5. The van der Waals surface area contributed by atoms with Crippen LogP contribution in [0.25, 0.3) is 11.1 Å². The van der Waals surface area contributed by atoms with Crippen molar-refractivity contribution in [3.63, 3.8) is 0 Å². The SMILES string of the molecule is Cc1ccncc1NC(=O)C(CC(=O)O)NC(=O)OCC1c2ccccc2-c2ccccc21. The van der Waals surface area contributed by atoms with E-state index in [1.54, 1.807) is 19.2 Å². The van der Waals surface area contributed by atoms with Crippen molar-refractivity contribution < 1.29 is 24.2 Å². The number of hydrogen-bond donors (Lipinski definition) is 3. The highest BCUT2D eigenvalue weighted by molar-refractivity contribution is 5.98. The summed E-state index contributed by atoms with van der Waals surface area (Å²) in [6.07, 6.45) is 1.59. The molecule has 3 aromatic rings. The maximum atomic E-state index is 12.7. The van der Waals surface area contributed by atoms with Crippen LogP contribution in [0.1, 0.15) is 29.0 Å². The minimum atomic E-state index is -1.31. The van der Waals surface area contributed by atoms with Gasteiger partial charge in [-0.1, -0.05) is 48.5 Å². The summed E-state index contributed by atoms with van der Waals surface area (Å²) in [5.41, 5.74) is 5.49. The smallest absolute Gasteiger partial charge is 0.407 e. The molecule has 0 saturated carbocycles. The predicted octanol–water partition coefficient (Wildman–Crippen LogP) is 3.71. The van der Waals surface area contributed by atoms with Gasteiger partial charge >= 0.3 is 12.1 Å². The molecule has 0 fully saturated rings. The van der Waals surface area contributed by atoms with E-state index in [1.807, 2.05) is 48.5 Å². The minimum absolute atomic E-state index is 0.0585. The number of alkyl carbamates (subject to hydrolysis) is 1. The van der Waals surface area contributed by atoms with Crippen LogP contribution < -0.4 is 10.6 Å². The maximum absolute atomic E-state index is 12.7. The summed E-state index contributed by atoms with van der Waals surface area (Å²) in [7, 11) is 0. The third kappa shape index (κ3) is 4.85. The van der Waals surface area contributed by atoms with Gasteiger partial charge in [0.25, 0.3) is 0 Å². The zero-order chi connectivity index (χ0) is 23.4. The monoisotopic (exact) mass is 445 g/mol. The Morgan fingerprint density at radius 3 is 2.27 bits per heavy atom. The number of hydrogen-bond acceptors (Lipinski definition) is 5. The van der Waals surface area contributed by atoms with E-state index < -0.39 is 30.4 Å². The molecular formula is C25H23N3O5. The topological polar surface area (TPSA) is 118 Å². The lowest BCUT2D eigenvalue weighted by molar-refractivity contribution is -0.139. The first kappa shape index (κ1) is 22.0. The van der Waals surface area contributed by atoms with E-state index in [-0.39, 0.29) is 12.5 Å². The number of benzene rings is 2. The van der Waals surface area contributed by atoms with Crippen LogP contribution in [0.3, 0.4) is 0 Å². The number of fused-ring (bicyclic) bond motifs is 3. The van der Waals surface area contributed by atoms with Crippen LogP contribution in [0.15, 0.2) is 67.0 Å². The van der Waals surface area contributed by atoms with Crippen molar-refractivity contribution in [2.75, 3.05) is 11.9 Å². The van der Waals surface area contributed by atoms with E-state index in [0.717, 1.165) is 27.8 Å². The Labute approximate surface area is 190 Å². The van der Waals surface area contributed by atoms with Crippen molar-refractivity contribution in [2.45, 2.75) is 25.3 Å². The van der Waals surface area contributed by atoms with Crippen molar-refractivity contribution in [2.24, 2.45) is 0 Å². The second-order valence-corrected chi connectivity index (χ2v) is 7.80. The van der Waals surface area contributed by atoms with Crippen molar-refractivity contribution in [1.29, 1.82) is 0 Å². The quantitative estimate of drug-likeness (QED) is 0.510. The molecule has 8 nitrogen and oxygen atoms in total. The van der Waals surface area contributed by atoms with Gasteiger partial charge in [0.1, 0.15) is 12.6 Å². The first-order valence-electron chi connectivity index (χ1n) is 10.5. The van der Waals surface area contributed by atoms with Crippen LogP contribution in [-0.4, -0.2) is 40.7 Å². The van der Waals surface area contributed by atoms with Gasteiger partial charge in [-0.25, -0.2) is 4.79 Å². The number of carboxylic acid groups (broad SMARTS) is 1. The van der Waals surface area contributed by atoms with E-state index in [9.17, 15) is 19.5 Å². The van der Waals surface area contributed by atoms with Gasteiger partial charge in [-0.05, 0) is 40.8 Å². The number of carboxylic acids is 1. The van der Waals surface area contributed by atoms with Crippen LogP contribution in [0.5, 0.6) is 0 Å². The van der Waals surface area contributed by atoms with Crippen LogP contribution in [-0.2, 0) is 14.3 Å². The number of aryl methyl sites for hydroxylation is 1. The third-order valence-corrected chi connectivity index (χ3v) is 5.63. The Balaban J connectivity index is 1.43. The van der Waals surface area contributed by atoms with Crippen molar-refractivity contribution in [3.05, 3.63) is 83.7 Å². The Morgan fingerprint density at radius 1 is 1.03 bits per heavy atom. The maximum Gasteiger partial charge on any atom is 0.407 e. The number of amides is 2. The van der Waals surface area contributed by atoms with E-state index >= 15 is 0 Å². The lowest BCUT2D eigenvalue weighted by Crippen LogP contribution is -2.45. The Morgan fingerprint density at radius 2 is 1.67 bits per heavy atom. The molecule has 8 heteroatoms. The molecule has 2 amide bonds. The molecule has 1 heterocycles. The van der Waals surface area contributed by atoms with Gasteiger partial charge in [0, 0.05) is 12.1 Å². The lowest BCUT2D eigenvalue weighted by atomic mass is 9.98. The second-order valence-electron chi connectivity index (χ2n) is 7.80. The molecule has 0 aliphatic heterocycles. The molecule has 1 aliphatic carbocycles. The molecular weight excluding hydrogens is 422 g/mol. The molecule has 0 radical (unpaired) electrons. The summed E-state index contributed by atoms with van der Waals surface area (Å²) in [6.45, 7) is 1.84. The largest absolute Gasteiger partial charge is 0.481 e. The standard InChI is InChI=1S/C25H23N3O5/c1-15-10-11-26-13-22(15)27-24(31)21(12-23(29)30)28-25(32)33-14-20-18-8-4-2-6-16(18)17-7-3-5-9-19(17)20/h2-11,13,20-21H,12,14H2,1H3,(H,27,31)(H,28,32)(H,29,30). The van der Waals surface area contributed by atoms with Gasteiger partial charge in [0.05, 0.1) is 18.3 Å². The Bertz CT molecular complexity index is 1160. The van der Waals surface area contributed by atoms with Gasteiger partial charge in [-0.2, -0.15) is 0 Å². The molecule has 33 heavy (non-hydrogen) atoms. The summed E-state index contributed by atoms with van der Waals surface area (Å²) < 4.78 is 5.44. The highest BCUT2D eigenvalue weighted by Gasteiger charge is 2.30. The van der Waals surface area contributed by atoms with Gasteiger partial charge < -0.3 is 20.5 Å². The number of aromatic nitrogens is 1. The second kappa shape index (κ2) is 9.52. The fourth-order valence-electron chi connectivity index (χ4n) is 3.98. The zero-order valence-electron chi connectivity index (χ0n) is 17.9. The molecule has 3 N–H and O–H groups in total. The summed E-state index contributed by atoms with van der Waals surface area (Å²) >= 11 is 0. The van der Waals surface area contributed by atoms with E-state index in [2.05, 4.69) is 15.6 Å². The van der Waals surface area contributed by atoms with E-state index in [1.165, 1.54) is 6.20 Å². The first-order chi connectivity index (χ1) is 15.9. The summed E-state index contributed by atoms with van der Waals surface area (Å²) in [4.78, 5) is 40.4. The van der Waals surface area contributed by atoms with E-state index in [4.69, 9.17) is 4.74 Å². The summed E-state index contributed by atoms with van der Waals surface area (Å²) in [5, 5.41) is 14.2. The number of rotatable bonds is 7. The van der Waals surface area contributed by atoms with Crippen molar-refractivity contribution >= 4 is 23.7 Å². The number of nitrogens with zero attached hydrogens (tertiary/aromatic N) is 1. The Kier molecular flexibility index (Phi) is 6.35. The fourth-order valence-corrected chi connectivity index (χ4v) is 3.98. The van der Waals surface area contributed by atoms with Crippen molar-refractivity contribution in [3.8, 4) is 11.1 Å². The Hall–Kier alpha value is -4.20. The molecule has 1 unspecified atom stereocenters. The van der Waals surface area contributed by atoms with Crippen LogP contribution in [0.4, 0.5) is 10.5 Å². The van der Waals surface area contributed by atoms with Crippen LogP contribution in [0.2, 0.25) is 0 Å². The number of aliphatic carboxylic acids is 1. The molecule has 0 bridgehead atoms. The lowest BCUT2D eigenvalue weighted by Gasteiger charge is -2.19. The van der Waals surface area contributed by atoms with Gasteiger partial charge in [0.2, 0.25) is 5.91 Å². The van der Waals surface area contributed by atoms with Crippen molar-refractivity contribution in [1.82, 2.24) is 10.3 Å². The van der Waals surface area contributed by atoms with Crippen LogP contribution >= 0.6 is 0 Å². The van der Waals surface area contributed by atoms with Crippen LogP contribution in [0, 0.1) is 6.92 Å². The number of ether oxygens (including phenoxy) is 1. The predicted molar refractivity (Wildman–Crippen MR) is 122 cm³/mol. The number of anilines is 1. The third-order valence-electron chi connectivity index (χ3n) is 5.63. The molecule has 0 spiro atoms. The average Bonchev–Trinajstić information content (AvgIpc) is 3.12. The number of carbonyl (C=O) groups is 3. The van der Waals surface area contributed by atoms with Gasteiger partial charge in [0.15, 0.2) is 0 Å². The molecule has 2 aromatic carbocycles.